The zero-order chi connectivity index (χ0) is 48.5. The van der Waals surface area contributed by atoms with Gasteiger partial charge in [0, 0.05) is 12.8 Å². The summed E-state index contributed by atoms with van der Waals surface area (Å²) in [6, 6.07) is 0. The van der Waals surface area contributed by atoms with Crippen LogP contribution in [0.15, 0.2) is 24.3 Å². The minimum atomic E-state index is -5.38. The van der Waals surface area contributed by atoms with Crippen LogP contribution in [-0.2, 0) is 41.8 Å². The van der Waals surface area contributed by atoms with E-state index in [1.807, 2.05) is 12.2 Å². The highest BCUT2D eigenvalue weighted by Crippen LogP contribution is 2.49. The van der Waals surface area contributed by atoms with Gasteiger partial charge in [-0.25, -0.2) is 9.13 Å². The molecule has 0 amide bonds. The zero-order valence-corrected chi connectivity index (χ0v) is 40.7. The average Bonchev–Trinajstić information content (AvgIpc) is 3.25. The predicted molar refractivity (Wildman–Crippen MR) is 244 cm³/mol. The molecule has 0 aromatic heterocycles. The molecule has 18 nitrogen and oxygen atoms in total. The van der Waals surface area contributed by atoms with Gasteiger partial charge in [0.15, 0.2) is 6.10 Å². The minimum absolute atomic E-state index is 0.00851. The molecular formula is C45H84O18P2. The van der Waals surface area contributed by atoms with Crippen LogP contribution in [0.25, 0.3) is 0 Å². The van der Waals surface area contributed by atoms with Crippen molar-refractivity contribution < 1.29 is 87.1 Å². The number of esters is 2. The number of allylic oxidation sites excluding steroid dienone is 3. The number of unbranched alkanes of at least 4 members (excludes halogenated alkanes) is 18. The van der Waals surface area contributed by atoms with Crippen LogP contribution in [0.2, 0.25) is 0 Å². The Kier molecular flexibility index (Phi) is 34.4. The molecule has 0 aromatic rings. The van der Waals surface area contributed by atoms with E-state index in [0.717, 1.165) is 89.9 Å². The van der Waals surface area contributed by atoms with Crippen molar-refractivity contribution in [3.8, 4) is 0 Å². The number of phosphoric ester groups is 2. The maximum atomic E-state index is 13.0. The first-order valence-corrected chi connectivity index (χ1v) is 27.1. The molecule has 0 spiro atoms. The lowest BCUT2D eigenvalue weighted by molar-refractivity contribution is -0.216. The number of phosphoric acid groups is 2. The number of hydrogen-bond donors (Lipinski definition) is 9. The highest BCUT2D eigenvalue weighted by Gasteiger charge is 2.54. The molecule has 1 fully saturated rings. The lowest BCUT2D eigenvalue weighted by atomic mass is 9.85. The van der Waals surface area contributed by atoms with Gasteiger partial charge >= 0.3 is 27.6 Å². The van der Waals surface area contributed by atoms with Crippen LogP contribution < -0.4 is 0 Å². The summed E-state index contributed by atoms with van der Waals surface area (Å²) < 4.78 is 49.3. The molecule has 5 unspecified atom stereocenters. The van der Waals surface area contributed by atoms with Gasteiger partial charge in [-0.3, -0.25) is 23.2 Å². The van der Waals surface area contributed by atoms with Crippen LogP contribution in [0, 0.1) is 0 Å². The Labute approximate surface area is 387 Å². The Morgan fingerprint density at radius 3 is 1.57 bits per heavy atom. The summed E-state index contributed by atoms with van der Waals surface area (Å²) in [4.78, 5) is 54.3. The lowest BCUT2D eigenvalue weighted by Gasteiger charge is -2.43. The molecule has 1 rings (SSSR count). The number of aliphatic hydroxyl groups is 6. The summed E-state index contributed by atoms with van der Waals surface area (Å²) in [6.07, 6.45) is 14.3. The fourth-order valence-electron chi connectivity index (χ4n) is 7.28. The third-order valence-electron chi connectivity index (χ3n) is 11.2. The van der Waals surface area contributed by atoms with Crippen LogP contribution in [0.4, 0.5) is 0 Å². The van der Waals surface area contributed by atoms with Crippen molar-refractivity contribution in [2.45, 2.75) is 236 Å². The van der Waals surface area contributed by atoms with Gasteiger partial charge in [0.2, 0.25) is 0 Å². The minimum Gasteiger partial charge on any atom is -0.462 e. The summed E-state index contributed by atoms with van der Waals surface area (Å²) in [6.45, 7) is 2.90. The molecule has 65 heavy (non-hydrogen) atoms. The second-order valence-electron chi connectivity index (χ2n) is 17.1. The first-order valence-electron chi connectivity index (χ1n) is 24.1. The van der Waals surface area contributed by atoms with Gasteiger partial charge in [-0.1, -0.05) is 128 Å². The van der Waals surface area contributed by atoms with Gasteiger partial charge < -0.3 is 54.8 Å². The van der Waals surface area contributed by atoms with E-state index in [1.165, 1.54) is 25.7 Å². The SMILES string of the molecule is CCCCC/C=C\C[C@@H](O)[C@H](O)CCCCCCCC(=O)OC[C@H](COP(=O)(O)O[C@H]1C(O)C(O)C(O)[C@@H](OP(=O)(O)O)C1O)OC(=O)CCCCCCCCC/C=C\CCCCCC. The van der Waals surface area contributed by atoms with Gasteiger partial charge in [-0.2, -0.15) is 0 Å². The van der Waals surface area contributed by atoms with Crippen molar-refractivity contribution in [2.24, 2.45) is 0 Å². The molecule has 0 aromatic carbocycles. The Balaban J connectivity index is 2.64. The molecule has 1 aliphatic rings. The molecule has 0 aliphatic heterocycles. The average molecular weight is 975 g/mol. The third-order valence-corrected chi connectivity index (χ3v) is 12.7. The second-order valence-corrected chi connectivity index (χ2v) is 19.7. The van der Waals surface area contributed by atoms with E-state index in [4.69, 9.17) is 28.3 Å². The molecule has 0 radical (unpaired) electrons. The number of rotatable bonds is 40. The summed E-state index contributed by atoms with van der Waals surface area (Å²) in [5, 5.41) is 61.7. The van der Waals surface area contributed by atoms with Gasteiger partial charge in [0.05, 0.1) is 18.8 Å². The van der Waals surface area contributed by atoms with Crippen LogP contribution in [-0.4, -0.2) is 125 Å². The molecule has 10 atom stereocenters. The number of hydrogen-bond acceptors (Lipinski definition) is 15. The highest BCUT2D eigenvalue weighted by atomic mass is 31.2. The molecule has 382 valence electrons. The van der Waals surface area contributed by atoms with Crippen LogP contribution in [0.5, 0.6) is 0 Å². The molecule has 0 saturated heterocycles. The molecular weight excluding hydrogens is 890 g/mol. The molecule has 0 heterocycles. The van der Waals surface area contributed by atoms with Crippen LogP contribution in [0.3, 0.4) is 0 Å². The van der Waals surface area contributed by atoms with Crippen molar-refractivity contribution in [3.05, 3.63) is 24.3 Å². The maximum absolute atomic E-state index is 13.0. The van der Waals surface area contributed by atoms with Gasteiger partial charge in [0.1, 0.15) is 43.2 Å². The number of carbonyl (C=O) groups excluding carboxylic acids is 2. The predicted octanol–water partition coefficient (Wildman–Crippen LogP) is 6.90. The zero-order valence-electron chi connectivity index (χ0n) is 38.9. The van der Waals surface area contributed by atoms with E-state index in [9.17, 15) is 54.3 Å². The van der Waals surface area contributed by atoms with Crippen molar-refractivity contribution in [1.29, 1.82) is 0 Å². The Hall–Kier alpha value is -1.60. The number of aliphatic hydroxyl groups excluding tert-OH is 6. The first kappa shape index (κ1) is 61.4. The number of carbonyl (C=O) groups is 2. The maximum Gasteiger partial charge on any atom is 0.472 e. The quantitative estimate of drug-likeness (QED) is 0.0131. The molecule has 20 heteroatoms. The van der Waals surface area contributed by atoms with E-state index in [1.54, 1.807) is 0 Å². The normalized spacial score (nSPS) is 22.8. The molecule has 1 aliphatic carbocycles. The second kappa shape index (κ2) is 36.4. The van der Waals surface area contributed by atoms with Gasteiger partial charge in [0.25, 0.3) is 0 Å². The summed E-state index contributed by atoms with van der Waals surface area (Å²) in [5.74, 6) is -1.32. The van der Waals surface area contributed by atoms with Crippen molar-refractivity contribution in [1.82, 2.24) is 0 Å². The third kappa shape index (κ3) is 30.5. The molecule has 0 bridgehead atoms. The van der Waals surface area contributed by atoms with E-state index in [-0.39, 0.29) is 12.8 Å². The fourth-order valence-corrected chi connectivity index (χ4v) is 8.82. The van der Waals surface area contributed by atoms with E-state index >= 15 is 0 Å². The van der Waals surface area contributed by atoms with Crippen molar-refractivity contribution in [3.63, 3.8) is 0 Å². The Morgan fingerprint density at radius 2 is 1.00 bits per heavy atom. The summed E-state index contributed by atoms with van der Waals surface area (Å²) >= 11 is 0. The molecule has 1 saturated carbocycles. The lowest BCUT2D eigenvalue weighted by Crippen LogP contribution is -2.64. The van der Waals surface area contributed by atoms with Crippen molar-refractivity contribution in [2.75, 3.05) is 13.2 Å². The van der Waals surface area contributed by atoms with Gasteiger partial charge in [-0.15, -0.1) is 0 Å². The number of ether oxygens (including phenoxy) is 2. The molecule has 9 N–H and O–H groups in total. The first-order chi connectivity index (χ1) is 30.9. The standard InChI is InChI=1S/C45H84O18P2/c1-3-5-7-9-11-12-13-14-15-16-17-18-19-23-28-32-39(49)61-35(34-60-65(57,58)63-45-42(52)40(50)41(51)44(43(45)53)62-64(54,55)56)33-59-38(48)31-27-24-20-22-26-30-37(47)36(46)29-25-21-10-8-6-4-2/h12-13,21,25,35-37,40-47,50-53H,3-11,14-20,22-24,26-34H2,1-2H3,(H,57,58)(H2,54,55,56)/b13-12-,25-21-/t35-,36-,37-,40?,41?,42?,43?,44-,45+/m1/s1. The van der Waals surface area contributed by atoms with E-state index in [0.29, 0.717) is 38.5 Å². The topological polar surface area (TPSA) is 296 Å². The van der Waals surface area contributed by atoms with E-state index in [2.05, 4.69) is 30.5 Å². The fraction of sp³-hybridized carbons (Fsp3) is 0.867. The Bertz CT molecular complexity index is 1390. The van der Waals surface area contributed by atoms with Crippen molar-refractivity contribution >= 4 is 27.6 Å². The largest absolute Gasteiger partial charge is 0.472 e. The monoisotopic (exact) mass is 975 g/mol. The Morgan fingerprint density at radius 1 is 0.538 bits per heavy atom. The highest BCUT2D eigenvalue weighted by molar-refractivity contribution is 7.47. The van der Waals surface area contributed by atoms with Crippen LogP contribution in [0.1, 0.15) is 181 Å². The van der Waals surface area contributed by atoms with Gasteiger partial charge in [-0.05, 0) is 64.2 Å². The van der Waals surface area contributed by atoms with Crippen LogP contribution >= 0.6 is 15.6 Å². The summed E-state index contributed by atoms with van der Waals surface area (Å²) in [7, 11) is -10.7. The van der Waals surface area contributed by atoms with E-state index < -0.39 is 95.7 Å². The smallest absolute Gasteiger partial charge is 0.462 e. The summed E-state index contributed by atoms with van der Waals surface area (Å²) in [5.41, 5.74) is 0.